The molecule has 0 amide bonds. The van der Waals surface area contributed by atoms with Crippen LogP contribution in [0, 0.1) is 0 Å². The van der Waals surface area contributed by atoms with Crippen molar-refractivity contribution in [2.45, 2.75) is 18.9 Å². The molecule has 5 nitrogen and oxygen atoms in total. The zero-order valence-corrected chi connectivity index (χ0v) is 8.15. The number of aliphatic hydroxyl groups is 1. The molecule has 0 spiro atoms. The molecule has 0 aromatic heterocycles. The summed E-state index contributed by atoms with van der Waals surface area (Å²) < 4.78 is 0. The molecule has 11 heavy (non-hydrogen) atoms. The Kier molecular flexibility index (Phi) is 8.09. The van der Waals surface area contributed by atoms with Gasteiger partial charge in [0.25, 0.3) is 0 Å². The Balaban J connectivity index is -0.000000405. The van der Waals surface area contributed by atoms with E-state index < -0.39 is 18.0 Å². The average molecular weight is 172 g/mol. The van der Waals surface area contributed by atoms with Crippen LogP contribution in [0.1, 0.15) is 14.3 Å². The third kappa shape index (κ3) is 7.80. The molecule has 1 atom stereocenters. The summed E-state index contributed by atoms with van der Waals surface area (Å²) in [5.74, 6) is -2.50. The molecule has 0 aliphatic carbocycles. The van der Waals surface area contributed by atoms with E-state index in [1.165, 1.54) is 0 Å². The van der Waals surface area contributed by atoms with Crippen molar-refractivity contribution < 1.29 is 55.9 Å². The van der Waals surface area contributed by atoms with E-state index in [9.17, 15) is 9.59 Å². The molecule has 60 valence electrons. The molecule has 0 heterocycles. The van der Waals surface area contributed by atoms with Crippen LogP contribution in [-0.2, 0) is 9.59 Å². The molecule has 0 saturated carbocycles. The number of carbonyl (C=O) groups is 2. The predicted octanol–water partition coefficient (Wildman–Crippen LogP) is -3.59. The monoisotopic (exact) mass is 172 g/mol. The minimum absolute atomic E-state index is 0. The molecule has 0 rings (SSSR count). The quantitative estimate of drug-likeness (QED) is 0.381. The fraction of sp³-hybridized carbons (Fsp3) is 0.600. The van der Waals surface area contributed by atoms with Crippen molar-refractivity contribution in [3.63, 3.8) is 0 Å². The number of carboxylic acid groups (broad SMARTS) is 2. The molecule has 3 N–H and O–H groups in total. The van der Waals surface area contributed by atoms with E-state index in [4.69, 9.17) is 15.3 Å². The van der Waals surface area contributed by atoms with Gasteiger partial charge in [0, 0.05) is 6.42 Å². The fourth-order valence-corrected chi connectivity index (χ4v) is 0.384. The number of aliphatic carboxylic acids is 2. The standard InChI is InChI=1S/C5H8O5.Na.H/c6-3(5(9)10)1-2-4(7)8;;/h3,6H,1-2H2,(H,7,8)(H,9,10);;/q;+1;-1. The Hall–Kier alpha value is -0.100. The van der Waals surface area contributed by atoms with Gasteiger partial charge in [0.1, 0.15) is 0 Å². The van der Waals surface area contributed by atoms with Gasteiger partial charge in [-0.3, -0.25) is 4.79 Å². The largest absolute Gasteiger partial charge is 1.00 e. The molecule has 0 saturated heterocycles. The molecule has 0 aromatic rings. The molecule has 0 fully saturated rings. The van der Waals surface area contributed by atoms with E-state index in [1.54, 1.807) is 0 Å². The summed E-state index contributed by atoms with van der Waals surface area (Å²) in [6.45, 7) is 0. The minimum Gasteiger partial charge on any atom is -1.00 e. The molecule has 0 aromatic carbocycles. The van der Waals surface area contributed by atoms with Crippen LogP contribution in [0.15, 0.2) is 0 Å². The number of hydrogen-bond donors (Lipinski definition) is 3. The zero-order chi connectivity index (χ0) is 8.15. The van der Waals surface area contributed by atoms with Gasteiger partial charge in [0.15, 0.2) is 6.10 Å². The van der Waals surface area contributed by atoms with E-state index in [-0.39, 0.29) is 43.8 Å². The van der Waals surface area contributed by atoms with Crippen molar-refractivity contribution in [1.29, 1.82) is 0 Å². The van der Waals surface area contributed by atoms with Crippen LogP contribution in [0.3, 0.4) is 0 Å². The third-order valence-corrected chi connectivity index (χ3v) is 0.917. The second kappa shape index (κ2) is 6.60. The minimum atomic E-state index is -1.56. The van der Waals surface area contributed by atoms with E-state index in [0.717, 1.165) is 0 Å². The van der Waals surface area contributed by atoms with Crippen LogP contribution in [0.25, 0.3) is 0 Å². The summed E-state index contributed by atoms with van der Waals surface area (Å²) in [4.78, 5) is 19.7. The Labute approximate surface area is 86.8 Å². The van der Waals surface area contributed by atoms with Crippen LogP contribution >= 0.6 is 0 Å². The zero-order valence-electron chi connectivity index (χ0n) is 7.15. The van der Waals surface area contributed by atoms with Crippen molar-refractivity contribution in [2.75, 3.05) is 0 Å². The number of carboxylic acids is 2. The smallest absolute Gasteiger partial charge is 1.00 e. The first-order valence-corrected chi connectivity index (χ1v) is 2.66. The maximum absolute atomic E-state index is 9.87. The summed E-state index contributed by atoms with van der Waals surface area (Å²) in [6.07, 6.45) is -2.13. The Morgan fingerprint density at radius 1 is 1.36 bits per heavy atom. The number of rotatable bonds is 4. The number of hydrogen-bond acceptors (Lipinski definition) is 3. The average Bonchev–Trinajstić information content (AvgIpc) is 1.82. The summed E-state index contributed by atoms with van der Waals surface area (Å²) in [5, 5.41) is 24.6. The van der Waals surface area contributed by atoms with Crippen molar-refractivity contribution >= 4 is 11.9 Å². The van der Waals surface area contributed by atoms with Crippen molar-refractivity contribution in [3.8, 4) is 0 Å². The first kappa shape index (κ1) is 13.5. The predicted molar refractivity (Wildman–Crippen MR) is 31.6 cm³/mol. The van der Waals surface area contributed by atoms with E-state index in [0.29, 0.717) is 0 Å². The van der Waals surface area contributed by atoms with Gasteiger partial charge < -0.3 is 16.7 Å². The van der Waals surface area contributed by atoms with E-state index >= 15 is 0 Å². The van der Waals surface area contributed by atoms with Gasteiger partial charge in [0.05, 0.1) is 0 Å². The van der Waals surface area contributed by atoms with Crippen LogP contribution in [0.4, 0.5) is 0 Å². The molecular weight excluding hydrogens is 163 g/mol. The summed E-state index contributed by atoms with van der Waals surface area (Å²) in [6, 6.07) is 0. The normalized spacial score (nSPS) is 11.4. The molecule has 0 radical (unpaired) electrons. The third-order valence-electron chi connectivity index (χ3n) is 0.917. The van der Waals surface area contributed by atoms with Gasteiger partial charge >= 0.3 is 41.5 Å². The van der Waals surface area contributed by atoms with Crippen LogP contribution in [-0.4, -0.2) is 33.4 Å². The maximum atomic E-state index is 9.87. The molecule has 6 heteroatoms. The fourth-order valence-electron chi connectivity index (χ4n) is 0.384. The maximum Gasteiger partial charge on any atom is 1.00 e. The molecule has 0 aliphatic heterocycles. The van der Waals surface area contributed by atoms with Gasteiger partial charge in [-0.2, -0.15) is 0 Å². The van der Waals surface area contributed by atoms with Crippen LogP contribution < -0.4 is 29.6 Å². The molecular formula is C5H9NaO5. The van der Waals surface area contributed by atoms with Crippen molar-refractivity contribution in [2.24, 2.45) is 0 Å². The summed E-state index contributed by atoms with van der Waals surface area (Å²) in [5.41, 5.74) is 0. The van der Waals surface area contributed by atoms with Crippen LogP contribution in [0.5, 0.6) is 0 Å². The molecule has 1 unspecified atom stereocenters. The molecule has 0 aliphatic rings. The van der Waals surface area contributed by atoms with Gasteiger partial charge in [0.2, 0.25) is 0 Å². The molecule has 0 bridgehead atoms. The van der Waals surface area contributed by atoms with Gasteiger partial charge in [-0.05, 0) is 6.42 Å². The second-order valence-corrected chi connectivity index (χ2v) is 1.79. The SMILES string of the molecule is O=C(O)CCC(O)C(=O)O.[H-].[Na+]. The first-order valence-electron chi connectivity index (χ1n) is 2.66. The number of aliphatic hydroxyl groups excluding tert-OH is 1. The Morgan fingerprint density at radius 2 is 1.82 bits per heavy atom. The summed E-state index contributed by atoms with van der Waals surface area (Å²) >= 11 is 0. The van der Waals surface area contributed by atoms with Crippen molar-refractivity contribution in [1.82, 2.24) is 0 Å². The van der Waals surface area contributed by atoms with Gasteiger partial charge in [-0.25, -0.2) is 4.79 Å². The second-order valence-electron chi connectivity index (χ2n) is 1.79. The van der Waals surface area contributed by atoms with Crippen molar-refractivity contribution in [3.05, 3.63) is 0 Å². The first-order chi connectivity index (χ1) is 4.54. The van der Waals surface area contributed by atoms with E-state index in [1.807, 2.05) is 0 Å². The Morgan fingerprint density at radius 3 is 2.09 bits per heavy atom. The topological polar surface area (TPSA) is 94.8 Å². The van der Waals surface area contributed by atoms with E-state index in [2.05, 4.69) is 0 Å². The van der Waals surface area contributed by atoms with Gasteiger partial charge in [-0.15, -0.1) is 0 Å². The van der Waals surface area contributed by atoms with Crippen LogP contribution in [0.2, 0.25) is 0 Å². The summed E-state index contributed by atoms with van der Waals surface area (Å²) in [7, 11) is 0. The Bertz CT molecular complexity index is 151. The van der Waals surface area contributed by atoms with Gasteiger partial charge in [-0.1, -0.05) is 0 Å².